The molecule has 0 saturated carbocycles. The molecule has 128 valence electrons. The summed E-state index contributed by atoms with van der Waals surface area (Å²) < 4.78 is 5.02. The first-order valence-corrected chi connectivity index (χ1v) is 10.6. The maximum atomic E-state index is 11.8. The first-order valence-electron chi connectivity index (χ1n) is 7.37. The van der Waals surface area contributed by atoms with Crippen LogP contribution >= 0.6 is 34.9 Å². The number of carbonyl (C=O) groups excluding carboxylic acids is 2. The Balaban J connectivity index is 1.59. The number of nitrogens with one attached hydrogen (secondary N) is 1. The first-order chi connectivity index (χ1) is 11.7. The molecule has 0 aliphatic carbocycles. The number of hydrogen-bond acceptors (Lipinski definition) is 6. The summed E-state index contributed by atoms with van der Waals surface area (Å²) in [6.45, 7) is 0.313. The molecule has 1 amide bonds. The maximum Gasteiger partial charge on any atom is 0.338 e. The van der Waals surface area contributed by atoms with E-state index < -0.39 is 5.97 Å². The van der Waals surface area contributed by atoms with Crippen molar-refractivity contribution in [2.45, 2.75) is 10.6 Å². The van der Waals surface area contributed by atoms with E-state index in [9.17, 15) is 9.59 Å². The molecular weight excluding hydrogens is 362 g/mol. The van der Waals surface area contributed by atoms with E-state index >= 15 is 0 Å². The van der Waals surface area contributed by atoms with E-state index in [2.05, 4.69) is 16.8 Å². The van der Waals surface area contributed by atoms with Gasteiger partial charge in [-0.05, 0) is 42.0 Å². The van der Waals surface area contributed by atoms with E-state index in [4.69, 9.17) is 4.74 Å². The van der Waals surface area contributed by atoms with Gasteiger partial charge in [-0.2, -0.15) is 11.8 Å². The molecule has 0 aliphatic heterocycles. The van der Waals surface area contributed by atoms with Gasteiger partial charge in [0.25, 0.3) is 5.91 Å². The first kappa shape index (κ1) is 18.9. The molecule has 1 N–H and O–H groups in total. The van der Waals surface area contributed by atoms with Crippen LogP contribution in [0.5, 0.6) is 0 Å². The van der Waals surface area contributed by atoms with E-state index in [1.165, 1.54) is 4.88 Å². The zero-order valence-corrected chi connectivity index (χ0v) is 15.8. The fourth-order valence-corrected chi connectivity index (χ4v) is 3.93. The lowest BCUT2D eigenvalue weighted by Crippen LogP contribution is -2.30. The maximum absolute atomic E-state index is 11.8. The predicted molar refractivity (Wildman–Crippen MR) is 102 cm³/mol. The zero-order valence-electron chi connectivity index (χ0n) is 13.3. The number of rotatable bonds is 9. The molecule has 4 nitrogen and oxygen atoms in total. The third-order valence-electron chi connectivity index (χ3n) is 3.05. The highest BCUT2D eigenvalue weighted by Gasteiger charge is 2.09. The van der Waals surface area contributed by atoms with Gasteiger partial charge >= 0.3 is 5.97 Å². The Morgan fingerprint density at radius 2 is 2.00 bits per heavy atom. The van der Waals surface area contributed by atoms with Gasteiger partial charge in [-0.25, -0.2) is 4.79 Å². The van der Waals surface area contributed by atoms with E-state index in [1.54, 1.807) is 47.0 Å². The number of esters is 1. The van der Waals surface area contributed by atoms with E-state index in [-0.39, 0.29) is 12.5 Å². The molecule has 2 aromatic rings. The number of carbonyl (C=O) groups is 2. The summed E-state index contributed by atoms with van der Waals surface area (Å²) in [6, 6.07) is 11.2. The van der Waals surface area contributed by atoms with Crippen LogP contribution < -0.4 is 5.32 Å². The second-order valence-electron chi connectivity index (χ2n) is 4.79. The Labute approximate surface area is 154 Å². The van der Waals surface area contributed by atoms with Crippen molar-refractivity contribution < 1.29 is 14.3 Å². The third-order valence-corrected chi connectivity index (χ3v) is 5.86. The molecule has 0 unspecified atom stereocenters. The molecule has 0 aliphatic rings. The van der Waals surface area contributed by atoms with Crippen molar-refractivity contribution in [1.82, 2.24) is 5.32 Å². The SMILES string of the molecule is CSc1ccc(C(=O)OCC(=O)NCCSCc2cccs2)cc1. The van der Waals surface area contributed by atoms with Crippen molar-refractivity contribution in [3.05, 3.63) is 52.2 Å². The summed E-state index contributed by atoms with van der Waals surface area (Å²) in [5.41, 5.74) is 0.451. The molecule has 1 heterocycles. The summed E-state index contributed by atoms with van der Waals surface area (Å²) in [5.74, 6) is 1.02. The van der Waals surface area contributed by atoms with Crippen LogP contribution in [0.25, 0.3) is 0 Å². The molecule has 1 aromatic heterocycles. The molecule has 0 atom stereocenters. The number of thioether (sulfide) groups is 2. The van der Waals surface area contributed by atoms with Gasteiger partial charge in [0.2, 0.25) is 0 Å². The Morgan fingerprint density at radius 1 is 1.21 bits per heavy atom. The molecule has 0 fully saturated rings. The number of thiophene rings is 1. The fourth-order valence-electron chi connectivity index (χ4n) is 1.82. The van der Waals surface area contributed by atoms with Crippen LogP contribution in [-0.4, -0.2) is 37.0 Å². The second-order valence-corrected chi connectivity index (χ2v) is 7.80. The van der Waals surface area contributed by atoms with Crippen LogP contribution in [0.3, 0.4) is 0 Å². The number of hydrogen-bond donors (Lipinski definition) is 1. The second kappa shape index (κ2) is 10.4. The topological polar surface area (TPSA) is 55.4 Å². The van der Waals surface area contributed by atoms with Gasteiger partial charge in [0.15, 0.2) is 6.61 Å². The predicted octanol–water partition coefficient (Wildman–Crippen LogP) is 3.68. The lowest BCUT2D eigenvalue weighted by atomic mass is 10.2. The average molecular weight is 382 g/mol. The van der Waals surface area contributed by atoms with Crippen molar-refractivity contribution in [1.29, 1.82) is 0 Å². The van der Waals surface area contributed by atoms with Gasteiger partial charge in [0.1, 0.15) is 0 Å². The molecule has 0 spiro atoms. The molecule has 2 rings (SSSR count). The van der Waals surface area contributed by atoms with Crippen molar-refractivity contribution in [3.63, 3.8) is 0 Å². The zero-order chi connectivity index (χ0) is 17.2. The van der Waals surface area contributed by atoms with E-state index in [0.29, 0.717) is 12.1 Å². The van der Waals surface area contributed by atoms with Crippen LogP contribution in [0, 0.1) is 0 Å². The summed E-state index contributed by atoms with van der Waals surface area (Å²) >= 11 is 5.10. The lowest BCUT2D eigenvalue weighted by Gasteiger charge is -2.07. The van der Waals surface area contributed by atoms with Gasteiger partial charge in [-0.15, -0.1) is 23.1 Å². The Morgan fingerprint density at radius 3 is 2.67 bits per heavy atom. The average Bonchev–Trinajstić information content (AvgIpc) is 3.13. The normalized spacial score (nSPS) is 10.4. The molecule has 7 heteroatoms. The van der Waals surface area contributed by atoms with Crippen molar-refractivity contribution >= 4 is 46.7 Å². The van der Waals surface area contributed by atoms with Crippen LogP contribution in [0.2, 0.25) is 0 Å². The van der Waals surface area contributed by atoms with Crippen molar-refractivity contribution in [2.75, 3.05) is 25.2 Å². The summed E-state index contributed by atoms with van der Waals surface area (Å²) in [7, 11) is 0. The molecule has 0 saturated heterocycles. The highest BCUT2D eigenvalue weighted by molar-refractivity contribution is 7.98. The molecule has 1 aromatic carbocycles. The summed E-state index contributed by atoms with van der Waals surface area (Å²) in [5, 5.41) is 4.81. The smallest absolute Gasteiger partial charge is 0.338 e. The standard InChI is InChI=1S/C17H19NO3S3/c1-22-14-6-4-13(5-7-14)17(20)21-11-16(19)18-8-10-23-12-15-3-2-9-24-15/h2-7,9H,8,10-12H2,1H3,(H,18,19). The molecule has 24 heavy (non-hydrogen) atoms. The van der Waals surface area contributed by atoms with Gasteiger partial charge in [-0.1, -0.05) is 6.07 Å². The van der Waals surface area contributed by atoms with Crippen molar-refractivity contribution in [2.24, 2.45) is 0 Å². The quantitative estimate of drug-likeness (QED) is 0.408. The number of benzene rings is 1. The number of amides is 1. The van der Waals surface area contributed by atoms with Gasteiger partial charge in [0, 0.05) is 27.8 Å². The summed E-state index contributed by atoms with van der Waals surface area (Å²) in [6.07, 6.45) is 1.97. The highest BCUT2D eigenvalue weighted by atomic mass is 32.2. The summed E-state index contributed by atoms with van der Waals surface area (Å²) in [4.78, 5) is 25.9. The van der Waals surface area contributed by atoms with Gasteiger partial charge in [-0.3, -0.25) is 4.79 Å². The van der Waals surface area contributed by atoms with Gasteiger partial charge < -0.3 is 10.1 Å². The Bertz CT molecular complexity index is 642. The van der Waals surface area contributed by atoms with Crippen LogP contribution in [0.1, 0.15) is 15.2 Å². The minimum atomic E-state index is -0.482. The Hall–Kier alpha value is -1.44. The molecule has 0 radical (unpaired) electrons. The largest absolute Gasteiger partial charge is 0.452 e. The fraction of sp³-hybridized carbons (Fsp3) is 0.294. The third kappa shape index (κ3) is 6.59. The van der Waals surface area contributed by atoms with Crippen LogP contribution in [-0.2, 0) is 15.3 Å². The lowest BCUT2D eigenvalue weighted by molar-refractivity contribution is -0.124. The van der Waals surface area contributed by atoms with Crippen molar-refractivity contribution in [3.8, 4) is 0 Å². The van der Waals surface area contributed by atoms with Crippen LogP contribution in [0.4, 0.5) is 0 Å². The van der Waals surface area contributed by atoms with Crippen LogP contribution in [0.15, 0.2) is 46.7 Å². The molecule has 0 bridgehead atoms. The van der Waals surface area contributed by atoms with E-state index in [1.807, 2.05) is 24.5 Å². The minimum Gasteiger partial charge on any atom is -0.452 e. The van der Waals surface area contributed by atoms with Gasteiger partial charge in [0.05, 0.1) is 5.56 Å². The monoisotopic (exact) mass is 381 g/mol. The highest BCUT2D eigenvalue weighted by Crippen LogP contribution is 2.16. The van der Waals surface area contributed by atoms with E-state index in [0.717, 1.165) is 16.4 Å². The Kier molecular flexibility index (Phi) is 8.21. The number of ether oxygens (including phenoxy) is 1. The molecular formula is C17H19NO3S3. The minimum absolute atomic E-state index is 0.251.